The monoisotopic (exact) mass is 554 g/mol. The highest BCUT2D eigenvalue weighted by molar-refractivity contribution is 8.74. The summed E-state index contributed by atoms with van der Waals surface area (Å²) in [4.78, 5) is 24.4. The first-order valence-corrected chi connectivity index (χ1v) is 15.8. The van der Waals surface area contributed by atoms with Gasteiger partial charge in [0.1, 0.15) is 12.2 Å². The second-order valence-corrected chi connectivity index (χ2v) is 14.3. The van der Waals surface area contributed by atoms with Crippen LogP contribution in [0.1, 0.15) is 114 Å². The molecule has 0 radical (unpaired) electrons. The third-order valence-corrected chi connectivity index (χ3v) is 11.6. The number of ether oxygens (including phenoxy) is 2. The van der Waals surface area contributed by atoms with Crippen LogP contribution in [0.3, 0.4) is 0 Å². The molecule has 0 spiro atoms. The number of piperidine rings is 2. The molecule has 2 aliphatic heterocycles. The molecule has 0 amide bonds. The zero-order chi connectivity index (χ0) is 28.2. The number of carbonyl (C=O) groups excluding carboxylic acids is 2. The van der Waals surface area contributed by atoms with Crippen LogP contribution in [0, 0.1) is 0 Å². The Balaban J connectivity index is 2.31. The summed E-state index contributed by atoms with van der Waals surface area (Å²) in [5.74, 6) is -0.641. The summed E-state index contributed by atoms with van der Waals surface area (Å²) >= 11 is 0. The maximum absolute atomic E-state index is 12.4. The summed E-state index contributed by atoms with van der Waals surface area (Å²) in [6, 6.07) is 0. The molecule has 212 valence electrons. The minimum atomic E-state index is -0.345. The van der Waals surface area contributed by atoms with Gasteiger partial charge >= 0.3 is 11.9 Å². The van der Waals surface area contributed by atoms with Crippen LogP contribution < -0.4 is 0 Å². The van der Waals surface area contributed by atoms with E-state index in [0.29, 0.717) is 5.57 Å². The van der Waals surface area contributed by atoms with E-state index in [1.54, 1.807) is 6.92 Å². The second kappa shape index (κ2) is 12.5. The topological polar surface area (TPSA) is 59.1 Å². The van der Waals surface area contributed by atoms with Gasteiger partial charge in [-0.2, -0.15) is 0 Å². The minimum absolute atomic E-state index is 0.124. The van der Waals surface area contributed by atoms with Gasteiger partial charge in [0.2, 0.25) is 0 Å². The number of hydrogen-bond donors (Lipinski definition) is 0. The Morgan fingerprint density at radius 3 is 1.81 bits per heavy atom. The van der Waals surface area contributed by atoms with Crippen molar-refractivity contribution in [3.05, 3.63) is 24.8 Å². The molecule has 0 aromatic heterocycles. The fourth-order valence-corrected chi connectivity index (χ4v) is 10.4. The second-order valence-electron chi connectivity index (χ2n) is 12.4. The van der Waals surface area contributed by atoms with Crippen molar-refractivity contribution in [1.82, 2.24) is 8.61 Å². The lowest BCUT2D eigenvalue weighted by Crippen LogP contribution is -2.62. The third kappa shape index (κ3) is 7.37. The standard InChI is InChI=1S/C29H50N2O4S2/c1-12-16-29(11)20-22(34-24(32)13-2)17-26(7,8)30(29)36-37-31-27(9,14-3)18-23(19-28(31,10)15-4)35-25(33)21(5)6/h13,22-23H,2,5,12,14-20H2,1,3-4,6-11H3. The fraction of sp³-hybridized carbons (Fsp3) is 0.793. The van der Waals surface area contributed by atoms with E-state index in [1.165, 1.54) is 6.08 Å². The van der Waals surface area contributed by atoms with Crippen molar-refractivity contribution in [2.45, 2.75) is 148 Å². The molecule has 8 heteroatoms. The van der Waals surface area contributed by atoms with Crippen LogP contribution >= 0.6 is 22.0 Å². The van der Waals surface area contributed by atoms with E-state index in [4.69, 9.17) is 9.47 Å². The van der Waals surface area contributed by atoms with Crippen LogP contribution in [0.2, 0.25) is 0 Å². The highest BCUT2D eigenvalue weighted by atomic mass is 33.1. The molecule has 2 heterocycles. The van der Waals surface area contributed by atoms with Crippen LogP contribution in [-0.2, 0) is 19.1 Å². The molecule has 0 saturated carbocycles. The number of esters is 2. The summed E-state index contributed by atoms with van der Waals surface area (Å²) in [5.41, 5.74) is -0.121. The van der Waals surface area contributed by atoms with Gasteiger partial charge in [-0.3, -0.25) is 0 Å². The van der Waals surface area contributed by atoms with E-state index in [0.717, 1.165) is 51.4 Å². The fourth-order valence-electron chi connectivity index (χ4n) is 6.27. The van der Waals surface area contributed by atoms with Crippen molar-refractivity contribution < 1.29 is 19.1 Å². The zero-order valence-electron chi connectivity index (χ0n) is 24.6. The van der Waals surface area contributed by atoms with Crippen molar-refractivity contribution >= 4 is 33.9 Å². The Kier molecular flexibility index (Phi) is 10.9. The lowest BCUT2D eigenvalue weighted by Gasteiger charge is -2.58. The number of rotatable bonds is 11. The molecule has 2 aliphatic rings. The third-order valence-electron chi connectivity index (χ3n) is 8.32. The first kappa shape index (κ1) is 32.3. The van der Waals surface area contributed by atoms with Crippen LogP contribution in [0.15, 0.2) is 24.8 Å². The Morgan fingerprint density at radius 1 is 0.865 bits per heavy atom. The van der Waals surface area contributed by atoms with Gasteiger partial charge in [0.15, 0.2) is 0 Å². The predicted molar refractivity (Wildman–Crippen MR) is 157 cm³/mol. The van der Waals surface area contributed by atoms with Gasteiger partial charge in [-0.25, -0.2) is 18.2 Å². The molecule has 0 aromatic carbocycles. The maximum Gasteiger partial charge on any atom is 0.333 e. The van der Waals surface area contributed by atoms with E-state index >= 15 is 0 Å². The van der Waals surface area contributed by atoms with E-state index < -0.39 is 0 Å². The quantitative estimate of drug-likeness (QED) is 0.112. The van der Waals surface area contributed by atoms with Crippen molar-refractivity contribution in [2.24, 2.45) is 0 Å². The van der Waals surface area contributed by atoms with Crippen molar-refractivity contribution in [1.29, 1.82) is 0 Å². The van der Waals surface area contributed by atoms with Gasteiger partial charge in [-0.1, -0.05) is 40.3 Å². The lowest BCUT2D eigenvalue weighted by atomic mass is 9.76. The molecule has 0 N–H and O–H groups in total. The van der Waals surface area contributed by atoms with Gasteiger partial charge in [-0.15, -0.1) is 0 Å². The van der Waals surface area contributed by atoms with E-state index in [9.17, 15) is 9.59 Å². The van der Waals surface area contributed by atoms with Crippen molar-refractivity contribution in [3.8, 4) is 0 Å². The van der Waals surface area contributed by atoms with Crippen LogP contribution in [0.4, 0.5) is 0 Å². The maximum atomic E-state index is 12.4. The van der Waals surface area contributed by atoms with Crippen LogP contribution in [0.5, 0.6) is 0 Å². The highest BCUT2D eigenvalue weighted by Crippen LogP contribution is 2.55. The average molecular weight is 555 g/mol. The molecule has 0 aromatic rings. The van der Waals surface area contributed by atoms with E-state index in [1.807, 2.05) is 22.0 Å². The SMILES string of the molecule is C=CC(=O)OC1CC(C)(C)N(SSN2C(C)(CC)CC(OC(=O)C(=C)C)CC2(C)CC)C(C)(CCC)C1. The van der Waals surface area contributed by atoms with Gasteiger partial charge in [-0.05, 0) is 60.8 Å². The Morgan fingerprint density at radius 2 is 1.35 bits per heavy atom. The molecular formula is C29H50N2O4S2. The van der Waals surface area contributed by atoms with Crippen LogP contribution in [-0.4, -0.2) is 54.9 Å². The largest absolute Gasteiger partial charge is 0.459 e. The Hall–Kier alpha value is -0.960. The molecule has 2 fully saturated rings. The summed E-state index contributed by atoms with van der Waals surface area (Å²) in [5, 5.41) is 0. The number of hydrogen-bond acceptors (Lipinski definition) is 8. The normalized spacial score (nSPS) is 34.5. The predicted octanol–water partition coefficient (Wildman–Crippen LogP) is 7.65. The summed E-state index contributed by atoms with van der Waals surface area (Å²) in [6.45, 7) is 27.1. The van der Waals surface area contributed by atoms with Crippen molar-refractivity contribution in [3.63, 3.8) is 0 Å². The van der Waals surface area contributed by atoms with Gasteiger partial charge in [0.25, 0.3) is 0 Å². The first-order chi connectivity index (χ1) is 17.1. The van der Waals surface area contributed by atoms with Gasteiger partial charge in [0, 0.05) is 81.4 Å². The van der Waals surface area contributed by atoms with E-state index in [2.05, 4.69) is 77.2 Å². The number of nitrogens with zero attached hydrogens (tertiary/aromatic N) is 2. The summed E-state index contributed by atoms with van der Waals surface area (Å²) in [6.07, 6.45) is 8.13. The van der Waals surface area contributed by atoms with Crippen molar-refractivity contribution in [2.75, 3.05) is 0 Å². The molecule has 0 aliphatic carbocycles. The molecule has 0 bridgehead atoms. The van der Waals surface area contributed by atoms with Gasteiger partial charge < -0.3 is 9.47 Å². The Bertz CT molecular complexity index is 845. The number of carbonyl (C=O) groups is 2. The molecule has 4 unspecified atom stereocenters. The molecule has 37 heavy (non-hydrogen) atoms. The molecule has 2 saturated heterocycles. The average Bonchev–Trinajstić information content (AvgIpc) is 2.79. The lowest BCUT2D eigenvalue weighted by molar-refractivity contribution is -0.152. The smallest absolute Gasteiger partial charge is 0.333 e. The molecule has 2 rings (SSSR count). The molecule has 4 atom stereocenters. The first-order valence-electron chi connectivity index (χ1n) is 13.7. The zero-order valence-corrected chi connectivity index (χ0v) is 26.3. The van der Waals surface area contributed by atoms with E-state index in [-0.39, 0.29) is 46.3 Å². The summed E-state index contributed by atoms with van der Waals surface area (Å²) < 4.78 is 16.8. The molecule has 6 nitrogen and oxygen atoms in total. The Labute approximate surface area is 234 Å². The molecular weight excluding hydrogens is 504 g/mol. The summed E-state index contributed by atoms with van der Waals surface area (Å²) in [7, 11) is 3.67. The highest BCUT2D eigenvalue weighted by Gasteiger charge is 2.53. The van der Waals surface area contributed by atoms with Crippen LogP contribution in [0.25, 0.3) is 0 Å². The minimum Gasteiger partial charge on any atom is -0.459 e. The van der Waals surface area contributed by atoms with Gasteiger partial charge in [0.05, 0.1) is 0 Å².